The van der Waals surface area contributed by atoms with Gasteiger partial charge in [-0.1, -0.05) is 113 Å². The topological polar surface area (TPSA) is 77.6 Å². The van der Waals surface area contributed by atoms with E-state index in [4.69, 9.17) is 19.4 Å². The van der Waals surface area contributed by atoms with Gasteiger partial charge in [0.15, 0.2) is 0 Å². The van der Waals surface area contributed by atoms with E-state index in [1.54, 1.807) is 18.5 Å². The standard InChI is InChI=1S/C28H27N4O.C25H19FN.Ir/c1-27(2,3)23-16-22(31-26(32-23)28(4,5)6)21-14-13-18-17-10-9-11-19(20-12-7-8-15-29-20)24(17)33-25(18)30-21;1-17-14-22(19-6-4-3-5-7-19)15-18(2)25(17)21-12-13-27-24(16-21)20-8-10-23(26)11-9-20;/h7-10,12-16H,1-6H3;3-8,10-16H,1-2H3;/q2*-1;. The van der Waals surface area contributed by atoms with Gasteiger partial charge in [0.1, 0.15) is 5.82 Å². The molecule has 0 aliphatic carbocycles. The fraction of sp³-hybridized carbons (Fsp3) is 0.189. The molecule has 0 saturated heterocycles. The average molecular weight is 980 g/mol. The van der Waals surface area contributed by atoms with E-state index >= 15 is 0 Å². The quantitative estimate of drug-likeness (QED) is 0.160. The smallest absolute Gasteiger partial charge is 0.216 e. The minimum Gasteiger partial charge on any atom is -0.486 e. The molecule has 9 rings (SSSR count). The van der Waals surface area contributed by atoms with Crippen LogP contribution in [0.3, 0.4) is 0 Å². The van der Waals surface area contributed by atoms with Gasteiger partial charge in [-0.3, -0.25) is 4.39 Å². The average Bonchev–Trinajstić information content (AvgIpc) is 3.62. The van der Waals surface area contributed by atoms with Crippen LogP contribution in [-0.4, -0.2) is 24.9 Å². The first-order valence-electron chi connectivity index (χ1n) is 20.1. The number of rotatable bonds is 5. The van der Waals surface area contributed by atoms with Crippen LogP contribution in [0.25, 0.3) is 78.2 Å². The summed E-state index contributed by atoms with van der Waals surface area (Å²) < 4.78 is 19.4. The molecule has 5 aromatic heterocycles. The van der Waals surface area contributed by atoms with Crippen molar-refractivity contribution in [2.75, 3.05) is 0 Å². The Hall–Kier alpha value is -6.21. The predicted molar refractivity (Wildman–Crippen MR) is 241 cm³/mol. The molecule has 0 aliphatic rings. The van der Waals surface area contributed by atoms with Crippen LogP contribution in [0.4, 0.5) is 4.39 Å². The molecule has 0 N–H and O–H groups in total. The van der Waals surface area contributed by atoms with Crippen molar-refractivity contribution in [1.82, 2.24) is 24.9 Å². The SMILES string of the molecule is CC(C)(C)c1cc(-c2ccc3c(n2)oc2c(-c4ccccn4)[c-]ccc23)nc(C(C)(C)C)n1.Cc1cc(-c2ccccc2)cc(C)c1-c1ccnc(-c2[c-]cc(F)cc2)c1.[Ir]. The summed E-state index contributed by atoms with van der Waals surface area (Å²) in [5.41, 5.74) is 14.0. The van der Waals surface area contributed by atoms with Crippen molar-refractivity contribution in [2.45, 2.75) is 66.2 Å². The summed E-state index contributed by atoms with van der Waals surface area (Å²) in [6, 6.07) is 45.5. The Morgan fingerprint density at radius 2 is 1.31 bits per heavy atom. The molecular weight excluding hydrogens is 934 g/mol. The Labute approximate surface area is 370 Å². The van der Waals surface area contributed by atoms with E-state index in [-0.39, 0.29) is 36.8 Å². The molecule has 5 heterocycles. The molecule has 8 heteroatoms. The van der Waals surface area contributed by atoms with Crippen molar-refractivity contribution >= 4 is 22.1 Å². The summed E-state index contributed by atoms with van der Waals surface area (Å²) in [5.74, 6) is 0.515. The maximum Gasteiger partial charge on any atom is 0.216 e. The van der Waals surface area contributed by atoms with Crippen LogP contribution < -0.4 is 0 Å². The van der Waals surface area contributed by atoms with Crippen LogP contribution in [0.5, 0.6) is 0 Å². The normalized spacial score (nSPS) is 11.6. The Kier molecular flexibility index (Phi) is 12.2. The van der Waals surface area contributed by atoms with Crippen LogP contribution >= 0.6 is 0 Å². The number of nitrogens with zero attached hydrogens (tertiary/aromatic N) is 5. The molecular formula is C53H46FIrN5O-2. The molecule has 9 aromatic rings. The second-order valence-electron chi connectivity index (χ2n) is 17.1. The Bertz CT molecular complexity index is 2910. The van der Waals surface area contributed by atoms with Gasteiger partial charge in [0, 0.05) is 54.5 Å². The van der Waals surface area contributed by atoms with Crippen LogP contribution in [0.15, 0.2) is 138 Å². The number of furan rings is 1. The molecule has 4 aromatic carbocycles. The second kappa shape index (κ2) is 17.4. The van der Waals surface area contributed by atoms with Gasteiger partial charge in [0.2, 0.25) is 5.71 Å². The maximum atomic E-state index is 13.2. The Balaban J connectivity index is 0.000000185. The number of aromatic nitrogens is 5. The Morgan fingerprint density at radius 1 is 0.574 bits per heavy atom. The van der Waals surface area contributed by atoms with Crippen LogP contribution in [0, 0.1) is 31.8 Å². The summed E-state index contributed by atoms with van der Waals surface area (Å²) in [4.78, 5) is 23.5. The third kappa shape index (κ3) is 9.26. The largest absolute Gasteiger partial charge is 0.486 e. The van der Waals surface area contributed by atoms with Gasteiger partial charge >= 0.3 is 0 Å². The zero-order chi connectivity index (χ0) is 42.2. The van der Waals surface area contributed by atoms with Gasteiger partial charge in [0.25, 0.3) is 0 Å². The first-order chi connectivity index (χ1) is 28.7. The van der Waals surface area contributed by atoms with Crippen LogP contribution in [0.2, 0.25) is 0 Å². The van der Waals surface area contributed by atoms with Gasteiger partial charge in [-0.05, 0) is 88.9 Å². The van der Waals surface area contributed by atoms with Crippen LogP contribution in [0.1, 0.15) is 64.2 Å². The van der Waals surface area contributed by atoms with Gasteiger partial charge in [-0.25, -0.2) is 15.0 Å². The fourth-order valence-electron chi connectivity index (χ4n) is 7.28. The predicted octanol–water partition coefficient (Wildman–Crippen LogP) is 13.5. The molecule has 0 unspecified atom stereocenters. The zero-order valence-electron chi connectivity index (χ0n) is 35.6. The summed E-state index contributed by atoms with van der Waals surface area (Å²) in [7, 11) is 0. The van der Waals surface area contributed by atoms with E-state index in [2.05, 4.69) is 120 Å². The first kappa shape index (κ1) is 42.9. The molecule has 0 saturated carbocycles. The number of hydrogen-bond donors (Lipinski definition) is 0. The van der Waals surface area contributed by atoms with Crippen molar-refractivity contribution in [3.63, 3.8) is 0 Å². The summed E-state index contributed by atoms with van der Waals surface area (Å²) >= 11 is 0. The van der Waals surface area contributed by atoms with Gasteiger partial charge in [-0.2, -0.15) is 0 Å². The number of aryl methyl sites for hydroxylation is 2. The molecule has 61 heavy (non-hydrogen) atoms. The molecule has 1 radical (unpaired) electrons. The molecule has 6 nitrogen and oxygen atoms in total. The van der Waals surface area contributed by atoms with E-state index in [1.165, 1.54) is 39.9 Å². The monoisotopic (exact) mass is 980 g/mol. The zero-order valence-corrected chi connectivity index (χ0v) is 38.0. The molecule has 0 atom stereocenters. The number of hydrogen-bond acceptors (Lipinski definition) is 6. The second-order valence-corrected chi connectivity index (χ2v) is 17.1. The van der Waals surface area contributed by atoms with E-state index in [1.807, 2.05) is 60.7 Å². The maximum absolute atomic E-state index is 13.2. The molecule has 0 bridgehead atoms. The van der Waals surface area contributed by atoms with Gasteiger partial charge < -0.3 is 14.4 Å². The minimum absolute atomic E-state index is 0. The molecule has 0 fully saturated rings. The molecule has 0 amide bonds. The van der Waals surface area contributed by atoms with E-state index in [9.17, 15) is 4.39 Å². The van der Waals surface area contributed by atoms with Crippen molar-refractivity contribution in [1.29, 1.82) is 0 Å². The summed E-state index contributed by atoms with van der Waals surface area (Å²) in [6.07, 6.45) is 3.57. The first-order valence-corrected chi connectivity index (χ1v) is 20.1. The van der Waals surface area contributed by atoms with Gasteiger partial charge in [0.05, 0.1) is 22.7 Å². The number of pyridine rings is 3. The fourth-order valence-corrected chi connectivity index (χ4v) is 7.28. The molecule has 0 aliphatic heterocycles. The van der Waals surface area contributed by atoms with Crippen molar-refractivity contribution in [3.8, 4) is 56.2 Å². The molecule has 0 spiro atoms. The van der Waals surface area contributed by atoms with E-state index in [0.29, 0.717) is 5.71 Å². The summed E-state index contributed by atoms with van der Waals surface area (Å²) in [6.45, 7) is 17.2. The summed E-state index contributed by atoms with van der Waals surface area (Å²) in [5, 5.41) is 1.96. The van der Waals surface area contributed by atoms with E-state index < -0.39 is 0 Å². The number of halogens is 1. The van der Waals surface area contributed by atoms with E-state index in [0.717, 1.165) is 67.3 Å². The van der Waals surface area contributed by atoms with Gasteiger partial charge in [-0.15, -0.1) is 48.0 Å². The molecule has 307 valence electrons. The number of benzene rings is 4. The van der Waals surface area contributed by atoms with Crippen molar-refractivity contribution in [2.24, 2.45) is 0 Å². The number of fused-ring (bicyclic) bond motifs is 3. The van der Waals surface area contributed by atoms with Crippen molar-refractivity contribution in [3.05, 3.63) is 174 Å². The third-order valence-corrected chi connectivity index (χ3v) is 10.4. The minimum atomic E-state index is -0.293. The van der Waals surface area contributed by atoms with Crippen molar-refractivity contribution < 1.29 is 28.9 Å². The Morgan fingerprint density at radius 3 is 1.98 bits per heavy atom. The van der Waals surface area contributed by atoms with Crippen LogP contribution in [-0.2, 0) is 30.9 Å². The third-order valence-electron chi connectivity index (χ3n) is 10.4.